The number of hydrogen-bond acceptors (Lipinski definition) is 4. The molecule has 1 aromatic rings. The van der Waals surface area contributed by atoms with Crippen LogP contribution in [0.4, 0.5) is 0 Å². The van der Waals surface area contributed by atoms with Gasteiger partial charge in [-0.3, -0.25) is 4.68 Å². The molecule has 2 heterocycles. The van der Waals surface area contributed by atoms with Crippen LogP contribution in [0.2, 0.25) is 0 Å². The minimum absolute atomic E-state index is 0.773. The molecule has 0 bridgehead atoms. The molecule has 1 aromatic heterocycles. The number of rotatable bonds is 5. The van der Waals surface area contributed by atoms with Gasteiger partial charge in [0, 0.05) is 46.0 Å². The topological polar surface area (TPSA) is 50.3 Å². The molecular formula is C13H25N5. The number of nitrogens with two attached hydrogens (primary N) is 1. The van der Waals surface area contributed by atoms with Gasteiger partial charge in [-0.25, -0.2) is 0 Å². The van der Waals surface area contributed by atoms with Crippen molar-refractivity contribution in [3.05, 3.63) is 18.0 Å². The Morgan fingerprint density at radius 3 is 2.50 bits per heavy atom. The van der Waals surface area contributed by atoms with Crippen molar-refractivity contribution in [3.63, 3.8) is 0 Å². The molecule has 0 saturated carbocycles. The molecule has 0 unspecified atom stereocenters. The SMILES string of the molecule is Cn1cc(CCN2CCCN(CCN)CC2)cn1. The first kappa shape index (κ1) is 13.5. The normalized spacial score (nSPS) is 19.0. The summed E-state index contributed by atoms with van der Waals surface area (Å²) in [6.45, 7) is 7.68. The molecule has 0 amide bonds. The van der Waals surface area contributed by atoms with Crippen LogP contribution in [0.3, 0.4) is 0 Å². The Kier molecular flexibility index (Phi) is 5.16. The van der Waals surface area contributed by atoms with Gasteiger partial charge in [0.15, 0.2) is 0 Å². The number of hydrogen-bond donors (Lipinski definition) is 1. The molecule has 0 atom stereocenters. The second-order valence-electron chi connectivity index (χ2n) is 5.10. The van der Waals surface area contributed by atoms with Gasteiger partial charge in [-0.05, 0) is 31.5 Å². The third-order valence-electron chi connectivity index (χ3n) is 3.60. The van der Waals surface area contributed by atoms with Gasteiger partial charge in [0.2, 0.25) is 0 Å². The third kappa shape index (κ3) is 4.08. The maximum absolute atomic E-state index is 5.62. The van der Waals surface area contributed by atoms with Crippen molar-refractivity contribution in [3.8, 4) is 0 Å². The highest BCUT2D eigenvalue weighted by Gasteiger charge is 2.13. The van der Waals surface area contributed by atoms with Crippen molar-refractivity contribution in [2.75, 3.05) is 45.8 Å². The van der Waals surface area contributed by atoms with Gasteiger partial charge in [-0.1, -0.05) is 0 Å². The summed E-state index contributed by atoms with van der Waals surface area (Å²) in [6.07, 6.45) is 6.44. The van der Waals surface area contributed by atoms with Gasteiger partial charge in [0.05, 0.1) is 6.20 Å². The third-order valence-corrected chi connectivity index (χ3v) is 3.60. The van der Waals surface area contributed by atoms with E-state index in [1.54, 1.807) is 0 Å². The molecule has 0 spiro atoms. The molecule has 18 heavy (non-hydrogen) atoms. The fourth-order valence-corrected chi connectivity index (χ4v) is 2.54. The molecule has 2 N–H and O–H groups in total. The van der Waals surface area contributed by atoms with Crippen LogP contribution in [0.25, 0.3) is 0 Å². The zero-order chi connectivity index (χ0) is 12.8. The predicted molar refractivity (Wildman–Crippen MR) is 73.5 cm³/mol. The molecule has 5 heteroatoms. The van der Waals surface area contributed by atoms with E-state index in [9.17, 15) is 0 Å². The average molecular weight is 251 g/mol. The first-order valence-electron chi connectivity index (χ1n) is 6.90. The Morgan fingerprint density at radius 1 is 1.17 bits per heavy atom. The summed E-state index contributed by atoms with van der Waals surface area (Å²) >= 11 is 0. The van der Waals surface area contributed by atoms with Gasteiger partial charge < -0.3 is 15.5 Å². The van der Waals surface area contributed by atoms with Crippen molar-refractivity contribution in [1.82, 2.24) is 19.6 Å². The van der Waals surface area contributed by atoms with Crippen LogP contribution >= 0.6 is 0 Å². The van der Waals surface area contributed by atoms with Gasteiger partial charge in [-0.15, -0.1) is 0 Å². The summed E-state index contributed by atoms with van der Waals surface area (Å²) in [5.41, 5.74) is 6.95. The van der Waals surface area contributed by atoms with Crippen molar-refractivity contribution < 1.29 is 0 Å². The van der Waals surface area contributed by atoms with E-state index < -0.39 is 0 Å². The van der Waals surface area contributed by atoms with Crippen molar-refractivity contribution >= 4 is 0 Å². The van der Waals surface area contributed by atoms with E-state index in [0.717, 1.165) is 32.6 Å². The van der Waals surface area contributed by atoms with Gasteiger partial charge in [-0.2, -0.15) is 5.10 Å². The van der Waals surface area contributed by atoms with Crippen molar-refractivity contribution in [1.29, 1.82) is 0 Å². The number of aromatic nitrogens is 2. The first-order valence-corrected chi connectivity index (χ1v) is 6.90. The Morgan fingerprint density at radius 2 is 1.89 bits per heavy atom. The lowest BCUT2D eigenvalue weighted by molar-refractivity contribution is 0.262. The number of nitrogens with zero attached hydrogens (tertiary/aromatic N) is 4. The monoisotopic (exact) mass is 251 g/mol. The van der Waals surface area contributed by atoms with Gasteiger partial charge in [0.25, 0.3) is 0 Å². The molecule has 102 valence electrons. The van der Waals surface area contributed by atoms with E-state index in [2.05, 4.69) is 21.1 Å². The fraction of sp³-hybridized carbons (Fsp3) is 0.769. The lowest BCUT2D eigenvalue weighted by Gasteiger charge is -2.21. The maximum Gasteiger partial charge on any atom is 0.0522 e. The molecule has 1 fully saturated rings. The molecule has 0 aromatic carbocycles. The summed E-state index contributed by atoms with van der Waals surface area (Å²) in [7, 11) is 1.97. The summed E-state index contributed by atoms with van der Waals surface area (Å²) in [4.78, 5) is 5.04. The molecular weight excluding hydrogens is 226 g/mol. The predicted octanol–water partition coefficient (Wildman–Crippen LogP) is -0.0710. The van der Waals surface area contributed by atoms with Crippen LogP contribution in [0, 0.1) is 0 Å². The minimum atomic E-state index is 0.773. The molecule has 5 nitrogen and oxygen atoms in total. The smallest absolute Gasteiger partial charge is 0.0522 e. The fourth-order valence-electron chi connectivity index (χ4n) is 2.54. The van der Waals surface area contributed by atoms with E-state index in [-0.39, 0.29) is 0 Å². The van der Waals surface area contributed by atoms with Crippen LogP contribution in [0.1, 0.15) is 12.0 Å². The molecule has 1 aliphatic rings. The Bertz CT molecular complexity index is 349. The van der Waals surface area contributed by atoms with Crippen molar-refractivity contribution in [2.45, 2.75) is 12.8 Å². The molecule has 0 radical (unpaired) electrons. The van der Waals surface area contributed by atoms with Crippen LogP contribution in [0.5, 0.6) is 0 Å². The lowest BCUT2D eigenvalue weighted by Crippen LogP contribution is -2.34. The minimum Gasteiger partial charge on any atom is -0.329 e. The standard InChI is InChI=1S/C13H25N5/c1-16-12-13(11-15-16)3-7-17-5-2-6-18(8-4-14)10-9-17/h11-12H,2-10,14H2,1H3. The summed E-state index contributed by atoms with van der Waals surface area (Å²) in [5.74, 6) is 0. The Hall–Kier alpha value is -0.910. The van der Waals surface area contributed by atoms with Crippen LogP contribution in [-0.2, 0) is 13.5 Å². The zero-order valence-electron chi connectivity index (χ0n) is 11.4. The summed E-state index contributed by atoms with van der Waals surface area (Å²) in [6, 6.07) is 0. The Labute approximate surface area is 110 Å². The lowest BCUT2D eigenvalue weighted by atomic mass is 10.2. The van der Waals surface area contributed by atoms with E-state index in [1.807, 2.05) is 17.9 Å². The highest BCUT2D eigenvalue weighted by atomic mass is 15.2. The number of aryl methyl sites for hydroxylation is 1. The van der Waals surface area contributed by atoms with E-state index >= 15 is 0 Å². The largest absolute Gasteiger partial charge is 0.329 e. The summed E-state index contributed by atoms with van der Waals surface area (Å²) in [5, 5.41) is 4.21. The second-order valence-corrected chi connectivity index (χ2v) is 5.10. The van der Waals surface area contributed by atoms with Crippen LogP contribution in [0.15, 0.2) is 12.4 Å². The first-order chi connectivity index (χ1) is 8.78. The van der Waals surface area contributed by atoms with E-state index in [4.69, 9.17) is 5.73 Å². The van der Waals surface area contributed by atoms with Crippen LogP contribution in [-0.4, -0.2) is 65.4 Å². The van der Waals surface area contributed by atoms with Crippen molar-refractivity contribution in [2.24, 2.45) is 12.8 Å². The quantitative estimate of drug-likeness (QED) is 0.796. The van der Waals surface area contributed by atoms with Gasteiger partial charge >= 0.3 is 0 Å². The van der Waals surface area contributed by atoms with Crippen LogP contribution < -0.4 is 5.73 Å². The molecule has 2 rings (SSSR count). The van der Waals surface area contributed by atoms with Gasteiger partial charge in [0.1, 0.15) is 0 Å². The highest BCUT2D eigenvalue weighted by molar-refractivity contribution is 5.04. The average Bonchev–Trinajstić information content (AvgIpc) is 2.64. The zero-order valence-corrected chi connectivity index (χ0v) is 11.4. The summed E-state index contributed by atoms with van der Waals surface area (Å²) < 4.78 is 1.88. The van der Waals surface area contributed by atoms with E-state index in [0.29, 0.717) is 0 Å². The highest BCUT2D eigenvalue weighted by Crippen LogP contribution is 2.05. The Balaban J connectivity index is 1.73. The maximum atomic E-state index is 5.62. The molecule has 1 aliphatic heterocycles. The second kappa shape index (κ2) is 6.87. The molecule has 0 aliphatic carbocycles. The molecule has 1 saturated heterocycles. The van der Waals surface area contributed by atoms with E-state index in [1.165, 1.54) is 31.6 Å².